The van der Waals surface area contributed by atoms with Gasteiger partial charge < -0.3 is 25.8 Å². The van der Waals surface area contributed by atoms with Crippen LogP contribution >= 0.6 is 0 Å². The van der Waals surface area contributed by atoms with Crippen molar-refractivity contribution in [1.29, 1.82) is 5.41 Å². The predicted octanol–water partition coefficient (Wildman–Crippen LogP) is 1.77. The Hall–Kier alpha value is -3.88. The number of nitrogen functional groups attached to an aromatic ring is 1. The smallest absolute Gasteiger partial charge is 0.312 e. The van der Waals surface area contributed by atoms with Gasteiger partial charge in [0.25, 0.3) is 0 Å². The van der Waals surface area contributed by atoms with Gasteiger partial charge in [0.2, 0.25) is 0 Å². The minimum Gasteiger partial charge on any atom is -0.494 e. The van der Waals surface area contributed by atoms with Gasteiger partial charge in [0.05, 0.1) is 18.6 Å². The van der Waals surface area contributed by atoms with Crippen LogP contribution in [0.1, 0.15) is 36.0 Å². The maximum absolute atomic E-state index is 12.8. The second-order valence-corrected chi connectivity index (χ2v) is 8.07. The number of amidine groups is 1. The summed E-state index contributed by atoms with van der Waals surface area (Å²) in [6.45, 7) is 2.66. The van der Waals surface area contributed by atoms with E-state index in [0.717, 1.165) is 5.56 Å². The van der Waals surface area contributed by atoms with E-state index in [2.05, 4.69) is 5.32 Å². The number of aliphatic carboxylic acids is 1. The molecule has 3 rings (SSSR count). The standard InChI is InChI=1S/C24H28N4O5/c1-16-4-2-5-18(14-16)24(15-20(29)30,28-12-11-27-22(31)23(28)32)10-3-13-33-19-8-6-17(7-9-19)21(25)26/h2,4-9,14H,3,10-13,15H2,1H3,(H3,25,26)(H,27,31)(H,29,30). The Balaban J connectivity index is 1.85. The van der Waals surface area contributed by atoms with Gasteiger partial charge in [0.15, 0.2) is 0 Å². The van der Waals surface area contributed by atoms with Crippen molar-refractivity contribution in [2.45, 2.75) is 31.7 Å². The van der Waals surface area contributed by atoms with Crippen LogP contribution in [0.2, 0.25) is 0 Å². The van der Waals surface area contributed by atoms with Crippen LogP contribution in [0.15, 0.2) is 48.5 Å². The Morgan fingerprint density at radius 1 is 1.24 bits per heavy atom. The number of nitrogens with two attached hydrogens (primary N) is 1. The van der Waals surface area contributed by atoms with Crippen molar-refractivity contribution in [3.63, 3.8) is 0 Å². The molecule has 2 aromatic carbocycles. The lowest BCUT2D eigenvalue weighted by atomic mass is 9.79. The third-order valence-electron chi connectivity index (χ3n) is 5.74. The lowest BCUT2D eigenvalue weighted by Gasteiger charge is -2.45. The highest BCUT2D eigenvalue weighted by Crippen LogP contribution is 2.38. The number of hydrogen-bond acceptors (Lipinski definition) is 5. The Labute approximate surface area is 192 Å². The molecule has 33 heavy (non-hydrogen) atoms. The molecule has 9 heteroatoms. The van der Waals surface area contributed by atoms with Gasteiger partial charge in [-0.2, -0.15) is 0 Å². The third kappa shape index (κ3) is 5.49. The van der Waals surface area contributed by atoms with Crippen molar-refractivity contribution >= 4 is 23.6 Å². The summed E-state index contributed by atoms with van der Waals surface area (Å²) in [7, 11) is 0. The highest BCUT2D eigenvalue weighted by Gasteiger charge is 2.46. The van der Waals surface area contributed by atoms with Gasteiger partial charge in [-0.3, -0.25) is 19.8 Å². The summed E-state index contributed by atoms with van der Waals surface area (Å²) in [5.41, 5.74) is 6.47. The summed E-state index contributed by atoms with van der Waals surface area (Å²) in [6, 6.07) is 14.2. The Morgan fingerprint density at radius 2 is 1.97 bits per heavy atom. The molecular formula is C24H28N4O5. The normalized spacial score (nSPS) is 15.5. The molecule has 5 N–H and O–H groups in total. The summed E-state index contributed by atoms with van der Waals surface area (Å²) in [6.07, 6.45) is 0.414. The number of carboxylic acid groups (broad SMARTS) is 1. The van der Waals surface area contributed by atoms with E-state index in [4.69, 9.17) is 15.9 Å². The number of hydrogen-bond donors (Lipinski definition) is 4. The van der Waals surface area contributed by atoms with Crippen LogP contribution < -0.4 is 15.8 Å². The number of nitrogens with one attached hydrogen (secondary N) is 2. The molecule has 1 unspecified atom stereocenters. The van der Waals surface area contributed by atoms with Gasteiger partial charge in [-0.1, -0.05) is 29.8 Å². The molecule has 174 valence electrons. The van der Waals surface area contributed by atoms with Gasteiger partial charge in [-0.25, -0.2) is 0 Å². The van der Waals surface area contributed by atoms with Crippen LogP contribution in [0.25, 0.3) is 0 Å². The number of amides is 2. The van der Waals surface area contributed by atoms with Crippen molar-refractivity contribution in [2.75, 3.05) is 19.7 Å². The van der Waals surface area contributed by atoms with E-state index in [1.54, 1.807) is 30.3 Å². The Bertz CT molecular complexity index is 1050. The summed E-state index contributed by atoms with van der Waals surface area (Å²) in [4.78, 5) is 38.3. The number of nitrogens with zero attached hydrogens (tertiary/aromatic N) is 1. The summed E-state index contributed by atoms with van der Waals surface area (Å²) in [5, 5.41) is 19.7. The Morgan fingerprint density at radius 3 is 2.61 bits per heavy atom. The molecule has 0 aliphatic carbocycles. The molecule has 1 fully saturated rings. The maximum Gasteiger partial charge on any atom is 0.312 e. The van der Waals surface area contributed by atoms with E-state index < -0.39 is 23.3 Å². The van der Waals surface area contributed by atoms with Crippen LogP contribution in [-0.2, 0) is 19.9 Å². The molecular weight excluding hydrogens is 424 g/mol. The number of rotatable bonds is 10. The molecule has 1 aliphatic rings. The summed E-state index contributed by atoms with van der Waals surface area (Å²) >= 11 is 0. The van der Waals surface area contributed by atoms with E-state index in [1.165, 1.54) is 4.90 Å². The quantitative estimate of drug-likeness (QED) is 0.187. The predicted molar refractivity (Wildman–Crippen MR) is 122 cm³/mol. The fourth-order valence-corrected chi connectivity index (χ4v) is 4.18. The topological polar surface area (TPSA) is 146 Å². The first-order chi connectivity index (χ1) is 15.7. The van der Waals surface area contributed by atoms with E-state index in [9.17, 15) is 19.5 Å². The molecule has 0 aromatic heterocycles. The highest BCUT2D eigenvalue weighted by molar-refractivity contribution is 6.35. The average molecular weight is 453 g/mol. The van der Waals surface area contributed by atoms with Crippen molar-refractivity contribution < 1.29 is 24.2 Å². The average Bonchev–Trinajstić information content (AvgIpc) is 2.78. The van der Waals surface area contributed by atoms with Gasteiger partial charge in [-0.15, -0.1) is 0 Å². The number of carboxylic acids is 1. The van der Waals surface area contributed by atoms with Crippen LogP contribution in [0, 0.1) is 12.3 Å². The summed E-state index contributed by atoms with van der Waals surface area (Å²) < 4.78 is 5.79. The highest BCUT2D eigenvalue weighted by atomic mass is 16.5. The fraction of sp³-hybridized carbons (Fsp3) is 0.333. The van der Waals surface area contributed by atoms with Crippen molar-refractivity contribution in [3.05, 3.63) is 65.2 Å². The minimum absolute atomic E-state index is 0.0339. The molecule has 1 heterocycles. The van der Waals surface area contributed by atoms with E-state index in [0.29, 0.717) is 29.7 Å². The second-order valence-electron chi connectivity index (χ2n) is 8.07. The monoisotopic (exact) mass is 452 g/mol. The molecule has 1 atom stereocenters. The lowest BCUT2D eigenvalue weighted by Crippen LogP contribution is -2.60. The first kappa shape index (κ1) is 23.8. The zero-order chi connectivity index (χ0) is 24.0. The zero-order valence-electron chi connectivity index (χ0n) is 18.5. The molecule has 2 aromatic rings. The maximum atomic E-state index is 12.8. The van der Waals surface area contributed by atoms with Crippen LogP contribution in [0.3, 0.4) is 0 Å². The van der Waals surface area contributed by atoms with Crippen LogP contribution in [0.5, 0.6) is 5.75 Å². The SMILES string of the molecule is Cc1cccc(C(CCCOc2ccc(C(=N)N)cc2)(CC(=O)O)N2CCNC(=O)C2=O)c1. The van der Waals surface area contributed by atoms with Crippen LogP contribution in [-0.4, -0.2) is 53.3 Å². The Kier molecular flexibility index (Phi) is 7.32. The molecule has 1 saturated heterocycles. The minimum atomic E-state index is -1.19. The number of carbonyl (C=O) groups is 3. The number of benzene rings is 2. The van der Waals surface area contributed by atoms with E-state index >= 15 is 0 Å². The summed E-state index contributed by atoms with van der Waals surface area (Å²) in [5.74, 6) is -1.97. The van der Waals surface area contributed by atoms with Crippen molar-refractivity contribution in [3.8, 4) is 5.75 Å². The van der Waals surface area contributed by atoms with Crippen LogP contribution in [0.4, 0.5) is 0 Å². The first-order valence-electron chi connectivity index (χ1n) is 10.7. The lowest BCUT2D eigenvalue weighted by molar-refractivity contribution is -0.157. The number of piperazine rings is 1. The second kappa shape index (κ2) is 10.2. The van der Waals surface area contributed by atoms with E-state index in [1.807, 2.05) is 25.1 Å². The molecule has 0 bridgehead atoms. The van der Waals surface area contributed by atoms with Gasteiger partial charge in [-0.05, 0) is 49.6 Å². The van der Waals surface area contributed by atoms with Gasteiger partial charge in [0, 0.05) is 18.7 Å². The first-order valence-corrected chi connectivity index (χ1v) is 10.7. The third-order valence-corrected chi connectivity index (χ3v) is 5.74. The number of aryl methyl sites for hydroxylation is 1. The molecule has 1 aliphatic heterocycles. The van der Waals surface area contributed by atoms with Gasteiger partial charge >= 0.3 is 17.8 Å². The van der Waals surface area contributed by atoms with Crippen molar-refractivity contribution in [1.82, 2.24) is 10.2 Å². The molecule has 0 radical (unpaired) electrons. The van der Waals surface area contributed by atoms with Crippen molar-refractivity contribution in [2.24, 2.45) is 5.73 Å². The molecule has 0 spiro atoms. The molecule has 2 amide bonds. The number of ether oxygens (including phenoxy) is 1. The van der Waals surface area contributed by atoms with E-state index in [-0.39, 0.29) is 32.0 Å². The fourth-order valence-electron chi connectivity index (χ4n) is 4.18. The zero-order valence-corrected chi connectivity index (χ0v) is 18.5. The molecule has 0 saturated carbocycles. The van der Waals surface area contributed by atoms with Gasteiger partial charge in [0.1, 0.15) is 11.6 Å². The molecule has 9 nitrogen and oxygen atoms in total. The largest absolute Gasteiger partial charge is 0.494 e. The number of carbonyl (C=O) groups excluding carboxylic acids is 2.